The van der Waals surface area contributed by atoms with Gasteiger partial charge in [-0.05, 0) is 31.0 Å². The number of nitrogens with one attached hydrogen (secondary N) is 1. The Morgan fingerprint density at radius 1 is 1.41 bits per heavy atom. The van der Waals surface area contributed by atoms with Crippen LogP contribution >= 0.6 is 0 Å². The second-order valence-electron chi connectivity index (χ2n) is 8.16. The molecule has 2 aliphatic heterocycles. The van der Waals surface area contributed by atoms with Crippen molar-refractivity contribution in [1.29, 1.82) is 5.26 Å². The summed E-state index contributed by atoms with van der Waals surface area (Å²) >= 11 is 0. The molecule has 2 heterocycles. The summed E-state index contributed by atoms with van der Waals surface area (Å²) in [5, 5.41) is 12.7. The molecule has 27 heavy (non-hydrogen) atoms. The number of methoxy groups -OCH3 is 1. The lowest BCUT2D eigenvalue weighted by Gasteiger charge is -2.32. The second-order valence-corrected chi connectivity index (χ2v) is 8.16. The average Bonchev–Trinajstić information content (AvgIpc) is 2.86. The van der Waals surface area contributed by atoms with Gasteiger partial charge < -0.3 is 15.0 Å². The first kappa shape index (κ1) is 21.4. The maximum Gasteiger partial charge on any atom is 0.241 e. The molecule has 1 aromatic rings. The molecule has 1 fully saturated rings. The number of ether oxygens (including phenoxy) is 1. The minimum absolute atomic E-state index is 0.0829. The van der Waals surface area contributed by atoms with Crippen LogP contribution in [0, 0.1) is 18.3 Å². The highest BCUT2D eigenvalue weighted by Crippen LogP contribution is 2.41. The number of rotatable bonds is 2. The zero-order valence-electron chi connectivity index (χ0n) is 17.4. The molecule has 1 amide bonds. The Labute approximate surface area is 163 Å². The van der Waals surface area contributed by atoms with Crippen molar-refractivity contribution in [2.24, 2.45) is 0 Å². The van der Waals surface area contributed by atoms with Gasteiger partial charge in [-0.25, -0.2) is 0 Å². The number of aryl methyl sites for hydroxylation is 1. The molecule has 0 aromatic heterocycles. The maximum atomic E-state index is 12.9. The van der Waals surface area contributed by atoms with Crippen LogP contribution in [0.5, 0.6) is 0 Å². The molecular weight excluding hydrogens is 340 g/mol. The summed E-state index contributed by atoms with van der Waals surface area (Å²) in [6.45, 7) is 12.3. The maximum absolute atomic E-state index is 12.9. The Hall–Kier alpha value is -1.94. The summed E-state index contributed by atoms with van der Waals surface area (Å²) in [6, 6.07) is 6.62. The van der Waals surface area contributed by atoms with E-state index in [4.69, 9.17) is 0 Å². The fourth-order valence-electron chi connectivity index (χ4n) is 3.80. The quantitative estimate of drug-likeness (QED) is 0.860. The Morgan fingerprint density at radius 3 is 2.67 bits per heavy atom. The predicted molar refractivity (Wildman–Crippen MR) is 108 cm³/mol. The summed E-state index contributed by atoms with van der Waals surface area (Å²) in [5.74, 6) is 0.128. The summed E-state index contributed by atoms with van der Waals surface area (Å²) in [7, 11) is 3.25. The van der Waals surface area contributed by atoms with E-state index in [1.165, 1.54) is 5.56 Å². The van der Waals surface area contributed by atoms with E-state index < -0.39 is 0 Å². The topological polar surface area (TPSA) is 68.6 Å². The second kappa shape index (κ2) is 8.83. The van der Waals surface area contributed by atoms with Crippen LogP contribution in [-0.4, -0.2) is 63.8 Å². The lowest BCUT2D eigenvalue weighted by Crippen LogP contribution is -2.52. The number of anilines is 1. The zero-order valence-corrected chi connectivity index (χ0v) is 17.4. The van der Waals surface area contributed by atoms with E-state index in [0.717, 1.165) is 30.9 Å². The number of hydrogen-bond acceptors (Lipinski definition) is 5. The molecule has 0 saturated carbocycles. The van der Waals surface area contributed by atoms with Crippen LogP contribution in [-0.2, 0) is 14.9 Å². The normalized spacial score (nSPS) is 21.1. The van der Waals surface area contributed by atoms with E-state index in [2.05, 4.69) is 47.9 Å². The number of piperazine rings is 1. The van der Waals surface area contributed by atoms with E-state index >= 15 is 0 Å². The van der Waals surface area contributed by atoms with Gasteiger partial charge in [-0.1, -0.05) is 19.9 Å². The lowest BCUT2D eigenvalue weighted by molar-refractivity contribution is -0.120. The van der Waals surface area contributed by atoms with Gasteiger partial charge in [0.2, 0.25) is 5.91 Å². The first-order chi connectivity index (χ1) is 12.7. The van der Waals surface area contributed by atoms with Crippen molar-refractivity contribution < 1.29 is 9.53 Å². The summed E-state index contributed by atoms with van der Waals surface area (Å²) in [4.78, 5) is 17.0. The molecule has 3 rings (SSSR count). The molecule has 1 saturated heterocycles. The molecule has 0 aliphatic carbocycles. The van der Waals surface area contributed by atoms with Crippen molar-refractivity contribution in [2.75, 3.05) is 51.8 Å². The molecule has 1 atom stereocenters. The average molecular weight is 373 g/mol. The highest BCUT2D eigenvalue weighted by atomic mass is 16.4. The van der Waals surface area contributed by atoms with Crippen LogP contribution in [0.4, 0.5) is 5.69 Å². The van der Waals surface area contributed by atoms with Gasteiger partial charge in [-0.3, -0.25) is 9.69 Å². The van der Waals surface area contributed by atoms with Gasteiger partial charge in [0.05, 0.1) is 18.2 Å². The number of benzene rings is 1. The van der Waals surface area contributed by atoms with Gasteiger partial charge in [0.25, 0.3) is 0 Å². The SMILES string of the molecule is COC.Cc1cc2c(cc1C#N)N(C(=O)CN1CCNC(C)C1)CC2(C)C. The molecule has 1 unspecified atom stereocenters. The van der Waals surface area contributed by atoms with Crippen LogP contribution in [0.15, 0.2) is 12.1 Å². The standard InChI is InChI=1S/C19H26N4O.C2H6O/c1-13-7-16-17(8-15(13)9-20)23(12-19(16,3)4)18(24)11-22-6-5-21-14(2)10-22;1-3-2/h7-8,14,21H,5-6,10-12H2,1-4H3;1-2H3. The van der Waals surface area contributed by atoms with Gasteiger partial charge >= 0.3 is 0 Å². The first-order valence-corrected chi connectivity index (χ1v) is 9.45. The molecular formula is C21H32N4O2. The van der Waals surface area contributed by atoms with Gasteiger partial charge in [0, 0.05) is 57.5 Å². The van der Waals surface area contributed by atoms with E-state index in [9.17, 15) is 10.1 Å². The van der Waals surface area contributed by atoms with Crippen LogP contribution in [0.25, 0.3) is 0 Å². The number of fused-ring (bicyclic) bond motifs is 1. The van der Waals surface area contributed by atoms with Crippen molar-refractivity contribution in [1.82, 2.24) is 10.2 Å². The lowest BCUT2D eigenvalue weighted by atomic mass is 9.85. The number of nitrogens with zero attached hydrogens (tertiary/aromatic N) is 3. The largest absolute Gasteiger partial charge is 0.388 e. The van der Waals surface area contributed by atoms with E-state index in [0.29, 0.717) is 24.7 Å². The summed E-state index contributed by atoms with van der Waals surface area (Å²) < 4.78 is 4.25. The van der Waals surface area contributed by atoms with Gasteiger partial charge in [0.15, 0.2) is 0 Å². The zero-order chi connectivity index (χ0) is 20.2. The summed E-state index contributed by atoms with van der Waals surface area (Å²) in [6.07, 6.45) is 0. The molecule has 6 heteroatoms. The Balaban J connectivity index is 0.000000817. The molecule has 148 valence electrons. The van der Waals surface area contributed by atoms with Crippen molar-refractivity contribution in [3.05, 3.63) is 28.8 Å². The monoisotopic (exact) mass is 372 g/mol. The Morgan fingerprint density at radius 2 is 2.07 bits per heavy atom. The third-order valence-electron chi connectivity index (χ3n) is 5.15. The van der Waals surface area contributed by atoms with Gasteiger partial charge in [-0.2, -0.15) is 5.26 Å². The Kier molecular flexibility index (Phi) is 6.99. The minimum Gasteiger partial charge on any atom is -0.388 e. The number of carbonyl (C=O) groups excluding carboxylic acids is 1. The fourth-order valence-corrected chi connectivity index (χ4v) is 3.80. The van der Waals surface area contributed by atoms with Crippen LogP contribution in [0.2, 0.25) is 0 Å². The smallest absolute Gasteiger partial charge is 0.241 e. The molecule has 2 aliphatic rings. The number of hydrogen-bond donors (Lipinski definition) is 1. The third kappa shape index (κ3) is 4.86. The van der Waals surface area contributed by atoms with E-state index in [1.54, 1.807) is 14.2 Å². The van der Waals surface area contributed by atoms with Crippen molar-refractivity contribution in [3.8, 4) is 6.07 Å². The molecule has 0 radical (unpaired) electrons. The Bertz CT molecular complexity index is 724. The number of nitriles is 1. The van der Waals surface area contributed by atoms with Gasteiger partial charge in [-0.15, -0.1) is 0 Å². The molecule has 0 spiro atoms. The summed E-state index contributed by atoms with van der Waals surface area (Å²) in [5.41, 5.74) is 3.63. The molecule has 1 aromatic carbocycles. The first-order valence-electron chi connectivity index (χ1n) is 9.45. The van der Waals surface area contributed by atoms with Crippen molar-refractivity contribution in [3.63, 3.8) is 0 Å². The highest BCUT2D eigenvalue weighted by molar-refractivity contribution is 5.98. The van der Waals surface area contributed by atoms with Gasteiger partial charge in [0.1, 0.15) is 0 Å². The van der Waals surface area contributed by atoms with Crippen molar-refractivity contribution in [2.45, 2.75) is 39.2 Å². The van der Waals surface area contributed by atoms with Crippen LogP contribution in [0.3, 0.4) is 0 Å². The molecule has 1 N–H and O–H groups in total. The highest BCUT2D eigenvalue weighted by Gasteiger charge is 2.39. The third-order valence-corrected chi connectivity index (χ3v) is 5.15. The van der Waals surface area contributed by atoms with E-state index in [1.807, 2.05) is 17.9 Å². The van der Waals surface area contributed by atoms with E-state index in [-0.39, 0.29) is 11.3 Å². The number of amides is 1. The minimum atomic E-state index is -0.0829. The van der Waals surface area contributed by atoms with Crippen molar-refractivity contribution >= 4 is 11.6 Å². The predicted octanol–water partition coefficient (Wildman–Crippen LogP) is 2.05. The fraction of sp³-hybridized carbons (Fsp3) is 0.619. The number of carbonyl (C=O) groups is 1. The molecule has 6 nitrogen and oxygen atoms in total. The molecule has 0 bridgehead atoms. The van der Waals surface area contributed by atoms with Crippen LogP contribution < -0.4 is 10.2 Å². The van der Waals surface area contributed by atoms with Crippen LogP contribution in [0.1, 0.15) is 37.5 Å².